The van der Waals surface area contributed by atoms with E-state index in [4.69, 9.17) is 4.42 Å². The van der Waals surface area contributed by atoms with E-state index < -0.39 is 0 Å². The molecule has 11 heavy (non-hydrogen) atoms. The van der Waals surface area contributed by atoms with Crippen LogP contribution in [0.1, 0.15) is 0 Å². The van der Waals surface area contributed by atoms with E-state index >= 15 is 0 Å². The molecule has 0 unspecified atom stereocenters. The number of rotatable bonds is 2. The minimum absolute atomic E-state index is 0.918. The van der Waals surface area contributed by atoms with E-state index in [1.807, 2.05) is 12.5 Å². The summed E-state index contributed by atoms with van der Waals surface area (Å²) in [4.78, 5) is 0. The first-order valence-corrected chi connectivity index (χ1v) is 6.80. The Balaban J connectivity index is 3.12. The van der Waals surface area contributed by atoms with Crippen LogP contribution in [0.15, 0.2) is 23.5 Å². The molecular weight excluding hydrogens is 312 g/mol. The van der Waals surface area contributed by atoms with Crippen molar-refractivity contribution in [3.8, 4) is 0 Å². The predicted octanol–water partition coefficient (Wildman–Crippen LogP) is 4.25. The van der Waals surface area contributed by atoms with Crippen LogP contribution in [0.3, 0.4) is 0 Å². The van der Waals surface area contributed by atoms with E-state index in [0.717, 1.165) is 19.1 Å². The summed E-state index contributed by atoms with van der Waals surface area (Å²) in [5.41, 5.74) is 0. The Kier molecular flexibility index (Phi) is 3.88. The molecule has 0 fully saturated rings. The minimum atomic E-state index is 0.918. The zero-order chi connectivity index (χ0) is 8.43. The van der Waals surface area contributed by atoms with Crippen molar-refractivity contribution in [2.75, 3.05) is 12.5 Å². The quantitative estimate of drug-likeness (QED) is 0.757. The molecule has 1 rings (SSSR count). The molecule has 5 heteroatoms. The van der Waals surface area contributed by atoms with Gasteiger partial charge >= 0.3 is 0 Å². The summed E-state index contributed by atoms with van der Waals surface area (Å²) >= 11 is 10.0. The van der Waals surface area contributed by atoms with E-state index in [-0.39, 0.29) is 0 Å². The molecule has 1 aromatic rings. The van der Waals surface area contributed by atoms with Crippen molar-refractivity contribution in [3.63, 3.8) is 0 Å². The van der Waals surface area contributed by atoms with E-state index in [2.05, 4.69) is 31.9 Å². The number of thioether (sulfide) groups is 2. The standard InChI is InChI=1S/C6H6Br2OS2/c1-10-5-3(7)4(8)6(9-5)11-2/h1-2H3. The zero-order valence-corrected chi connectivity index (χ0v) is 10.8. The van der Waals surface area contributed by atoms with Gasteiger partial charge in [0.15, 0.2) is 10.2 Å². The van der Waals surface area contributed by atoms with Crippen LogP contribution in [0.4, 0.5) is 0 Å². The van der Waals surface area contributed by atoms with Gasteiger partial charge in [-0.25, -0.2) is 0 Å². The van der Waals surface area contributed by atoms with E-state index in [1.54, 1.807) is 23.5 Å². The van der Waals surface area contributed by atoms with Crippen LogP contribution in [-0.4, -0.2) is 12.5 Å². The third-order valence-corrected chi connectivity index (χ3v) is 4.99. The average Bonchev–Trinajstić information content (AvgIpc) is 2.30. The molecule has 1 heterocycles. The summed E-state index contributed by atoms with van der Waals surface area (Å²) in [5, 5.41) is 1.84. The van der Waals surface area contributed by atoms with Crippen LogP contribution in [0.2, 0.25) is 0 Å². The first-order chi connectivity index (χ1) is 5.20. The highest BCUT2D eigenvalue weighted by Crippen LogP contribution is 2.41. The molecule has 62 valence electrons. The molecule has 0 saturated heterocycles. The van der Waals surface area contributed by atoms with Gasteiger partial charge < -0.3 is 4.42 Å². The van der Waals surface area contributed by atoms with Crippen LogP contribution in [0, 0.1) is 0 Å². The Morgan fingerprint density at radius 2 is 1.36 bits per heavy atom. The van der Waals surface area contributed by atoms with Gasteiger partial charge in [-0.05, 0) is 44.4 Å². The Morgan fingerprint density at radius 3 is 1.55 bits per heavy atom. The fourth-order valence-electron chi connectivity index (χ4n) is 0.616. The number of halogens is 2. The minimum Gasteiger partial charge on any atom is -0.441 e. The highest BCUT2D eigenvalue weighted by molar-refractivity contribution is 9.13. The van der Waals surface area contributed by atoms with Crippen LogP contribution in [-0.2, 0) is 0 Å². The second-order valence-electron chi connectivity index (χ2n) is 1.71. The van der Waals surface area contributed by atoms with Crippen molar-refractivity contribution in [3.05, 3.63) is 8.95 Å². The molecule has 0 aliphatic carbocycles. The lowest BCUT2D eigenvalue weighted by atomic mass is 10.7. The zero-order valence-electron chi connectivity index (χ0n) is 5.98. The van der Waals surface area contributed by atoms with Crippen LogP contribution < -0.4 is 0 Å². The highest BCUT2D eigenvalue weighted by Gasteiger charge is 2.14. The van der Waals surface area contributed by atoms with Crippen molar-refractivity contribution in [1.29, 1.82) is 0 Å². The van der Waals surface area contributed by atoms with Crippen molar-refractivity contribution >= 4 is 55.4 Å². The first-order valence-electron chi connectivity index (χ1n) is 2.76. The summed E-state index contributed by atoms with van der Waals surface area (Å²) in [6.07, 6.45) is 3.97. The van der Waals surface area contributed by atoms with Gasteiger partial charge in [0.25, 0.3) is 0 Å². The van der Waals surface area contributed by atoms with E-state index in [9.17, 15) is 0 Å². The molecule has 1 aromatic heterocycles. The van der Waals surface area contributed by atoms with Crippen molar-refractivity contribution in [2.45, 2.75) is 10.2 Å². The SMILES string of the molecule is CSc1oc(SC)c(Br)c1Br. The topological polar surface area (TPSA) is 13.1 Å². The molecule has 0 aliphatic heterocycles. The third-order valence-electron chi connectivity index (χ3n) is 1.11. The maximum absolute atomic E-state index is 5.48. The molecule has 0 saturated carbocycles. The molecule has 0 radical (unpaired) electrons. The monoisotopic (exact) mass is 316 g/mol. The van der Waals surface area contributed by atoms with Crippen molar-refractivity contribution in [2.24, 2.45) is 0 Å². The largest absolute Gasteiger partial charge is 0.441 e. The van der Waals surface area contributed by atoms with E-state index in [1.165, 1.54) is 0 Å². The molecule has 1 nitrogen and oxygen atoms in total. The molecule has 0 N–H and O–H groups in total. The van der Waals surface area contributed by atoms with Crippen molar-refractivity contribution in [1.82, 2.24) is 0 Å². The predicted molar refractivity (Wildman–Crippen MR) is 57.7 cm³/mol. The van der Waals surface area contributed by atoms with Gasteiger partial charge in [-0.2, -0.15) is 0 Å². The molecule has 0 amide bonds. The smallest absolute Gasteiger partial charge is 0.176 e. The fourth-order valence-corrected chi connectivity index (χ4v) is 3.32. The van der Waals surface area contributed by atoms with Gasteiger partial charge in [0.2, 0.25) is 0 Å². The average molecular weight is 318 g/mol. The normalized spacial score (nSPS) is 10.5. The Hall–Kier alpha value is 0.940. The molecule has 0 bridgehead atoms. The maximum atomic E-state index is 5.48. The van der Waals surface area contributed by atoms with Gasteiger partial charge in [0.05, 0.1) is 8.95 Å². The molecule has 0 atom stereocenters. The lowest BCUT2D eigenvalue weighted by molar-refractivity contribution is 0.394. The lowest BCUT2D eigenvalue weighted by Gasteiger charge is -1.87. The summed E-state index contributed by atoms with van der Waals surface area (Å²) in [6, 6.07) is 0. The molecule has 0 aromatic carbocycles. The number of hydrogen-bond donors (Lipinski definition) is 0. The van der Waals surface area contributed by atoms with Crippen LogP contribution in [0.25, 0.3) is 0 Å². The summed E-state index contributed by atoms with van der Waals surface area (Å²) in [6.45, 7) is 0. The second-order valence-corrected chi connectivity index (χ2v) is 4.86. The summed E-state index contributed by atoms with van der Waals surface area (Å²) < 4.78 is 7.49. The molecular formula is C6H6Br2OS2. The highest BCUT2D eigenvalue weighted by atomic mass is 79.9. The van der Waals surface area contributed by atoms with Gasteiger partial charge in [-0.15, -0.1) is 0 Å². The Labute approximate surface area is 90.9 Å². The lowest BCUT2D eigenvalue weighted by Crippen LogP contribution is -1.61. The first kappa shape index (κ1) is 10.0. The Bertz CT molecular complexity index is 235. The van der Waals surface area contributed by atoms with Gasteiger partial charge in [0, 0.05) is 0 Å². The second kappa shape index (κ2) is 4.25. The van der Waals surface area contributed by atoms with Crippen LogP contribution >= 0.6 is 55.4 Å². The summed E-state index contributed by atoms with van der Waals surface area (Å²) in [7, 11) is 0. The van der Waals surface area contributed by atoms with Gasteiger partial charge in [-0.1, -0.05) is 23.5 Å². The Morgan fingerprint density at radius 1 is 1.00 bits per heavy atom. The maximum Gasteiger partial charge on any atom is 0.176 e. The molecule has 0 spiro atoms. The van der Waals surface area contributed by atoms with Gasteiger partial charge in [0.1, 0.15) is 0 Å². The number of hydrogen-bond acceptors (Lipinski definition) is 3. The van der Waals surface area contributed by atoms with Crippen LogP contribution in [0.5, 0.6) is 0 Å². The fraction of sp³-hybridized carbons (Fsp3) is 0.333. The van der Waals surface area contributed by atoms with Crippen molar-refractivity contribution < 1.29 is 4.42 Å². The number of furan rings is 1. The molecule has 0 aliphatic rings. The van der Waals surface area contributed by atoms with E-state index in [0.29, 0.717) is 0 Å². The summed E-state index contributed by atoms with van der Waals surface area (Å²) in [5.74, 6) is 0. The van der Waals surface area contributed by atoms with Gasteiger partial charge in [-0.3, -0.25) is 0 Å². The third kappa shape index (κ3) is 1.99.